The maximum absolute atomic E-state index is 11.2. The molecule has 0 radical (unpaired) electrons. The third-order valence-electron chi connectivity index (χ3n) is 1.59. The van der Waals surface area contributed by atoms with Gasteiger partial charge in [0.15, 0.2) is 0 Å². The van der Waals surface area contributed by atoms with Gasteiger partial charge in [0.25, 0.3) is 0 Å². The molecule has 0 saturated carbocycles. The Morgan fingerprint density at radius 3 is 2.69 bits per heavy atom. The summed E-state index contributed by atoms with van der Waals surface area (Å²) < 4.78 is 5.04. The lowest BCUT2D eigenvalue weighted by Crippen LogP contribution is -2.18. The van der Waals surface area contributed by atoms with E-state index in [4.69, 9.17) is 4.74 Å². The van der Waals surface area contributed by atoms with Gasteiger partial charge in [-0.05, 0) is 19.3 Å². The van der Waals surface area contributed by atoms with Crippen LogP contribution in [-0.4, -0.2) is 22.7 Å². The van der Waals surface area contributed by atoms with Crippen molar-refractivity contribution in [3.8, 4) is 0 Å². The fourth-order valence-electron chi connectivity index (χ4n) is 0.782. The van der Waals surface area contributed by atoms with Gasteiger partial charge < -0.3 is 4.74 Å². The van der Waals surface area contributed by atoms with Crippen LogP contribution in [0.2, 0.25) is 0 Å². The summed E-state index contributed by atoms with van der Waals surface area (Å²) >= 11 is 6.62. The third kappa shape index (κ3) is 7.50. The highest BCUT2D eigenvalue weighted by molar-refractivity contribution is 9.10. The molecule has 0 saturated heterocycles. The summed E-state index contributed by atoms with van der Waals surface area (Å²) in [5.74, 6) is -0.130. The van der Waals surface area contributed by atoms with Crippen LogP contribution in [-0.2, 0) is 9.53 Å². The molecule has 0 rings (SSSR count). The molecule has 0 aliphatic carbocycles. The number of esters is 1. The Bertz CT molecular complexity index is 140. The van der Waals surface area contributed by atoms with Crippen molar-refractivity contribution in [2.45, 2.75) is 37.4 Å². The monoisotopic (exact) mass is 314 g/mol. The van der Waals surface area contributed by atoms with Crippen LogP contribution in [0, 0.1) is 0 Å². The highest BCUT2D eigenvalue weighted by Crippen LogP contribution is 2.11. The lowest BCUT2D eigenvalue weighted by molar-refractivity contribution is -0.143. The molecule has 0 heterocycles. The van der Waals surface area contributed by atoms with E-state index in [1.807, 2.05) is 0 Å². The van der Waals surface area contributed by atoms with E-state index in [-0.39, 0.29) is 10.8 Å². The maximum atomic E-state index is 11.2. The Morgan fingerprint density at radius 1 is 1.46 bits per heavy atom. The van der Waals surface area contributed by atoms with Crippen molar-refractivity contribution < 1.29 is 9.53 Å². The molecule has 0 spiro atoms. The fraction of sp³-hybridized carbons (Fsp3) is 0.889. The predicted octanol–water partition coefficient (Wildman–Crippen LogP) is 3.27. The van der Waals surface area contributed by atoms with Gasteiger partial charge in [0.1, 0.15) is 4.83 Å². The van der Waals surface area contributed by atoms with Crippen LogP contribution in [0.4, 0.5) is 0 Å². The molecule has 1 unspecified atom stereocenters. The number of ether oxygens (including phenoxy) is 1. The second-order valence-electron chi connectivity index (χ2n) is 2.82. The molecule has 78 valence electrons. The van der Waals surface area contributed by atoms with Gasteiger partial charge in [0, 0.05) is 5.33 Å². The van der Waals surface area contributed by atoms with E-state index in [1.54, 1.807) is 0 Å². The summed E-state index contributed by atoms with van der Waals surface area (Å²) in [4.78, 5) is 11.1. The number of halogens is 2. The highest BCUT2D eigenvalue weighted by atomic mass is 79.9. The van der Waals surface area contributed by atoms with Crippen molar-refractivity contribution in [2.75, 3.05) is 11.9 Å². The van der Waals surface area contributed by atoms with Crippen molar-refractivity contribution in [2.24, 2.45) is 0 Å². The van der Waals surface area contributed by atoms with Gasteiger partial charge in [0.2, 0.25) is 0 Å². The normalized spacial score (nSPS) is 12.5. The minimum atomic E-state index is -0.137. The molecule has 0 fully saturated rings. The van der Waals surface area contributed by atoms with E-state index in [2.05, 4.69) is 38.8 Å². The van der Waals surface area contributed by atoms with E-state index in [9.17, 15) is 4.79 Å². The van der Waals surface area contributed by atoms with Gasteiger partial charge in [-0.2, -0.15) is 0 Å². The second kappa shape index (κ2) is 9.00. The zero-order chi connectivity index (χ0) is 10.1. The molecule has 1 atom stereocenters. The van der Waals surface area contributed by atoms with Crippen LogP contribution < -0.4 is 0 Å². The van der Waals surface area contributed by atoms with Crippen LogP contribution in [0.5, 0.6) is 0 Å². The first-order valence-corrected chi connectivity index (χ1v) is 6.62. The lowest BCUT2D eigenvalue weighted by atomic mass is 10.2. The lowest BCUT2D eigenvalue weighted by Gasteiger charge is -2.08. The second-order valence-corrected chi connectivity index (χ2v) is 4.72. The zero-order valence-corrected chi connectivity index (χ0v) is 11.1. The van der Waals surface area contributed by atoms with E-state index in [1.165, 1.54) is 0 Å². The number of unbranched alkanes of at least 4 members (excludes halogenated alkanes) is 1. The number of carbonyl (C=O) groups is 1. The average molecular weight is 316 g/mol. The Morgan fingerprint density at radius 2 is 2.15 bits per heavy atom. The highest BCUT2D eigenvalue weighted by Gasteiger charge is 2.14. The third-order valence-corrected chi connectivity index (χ3v) is 2.98. The number of rotatable bonds is 7. The quantitative estimate of drug-likeness (QED) is 0.409. The summed E-state index contributed by atoms with van der Waals surface area (Å²) in [5, 5.41) is 0.928. The summed E-state index contributed by atoms with van der Waals surface area (Å²) in [5.41, 5.74) is 0. The van der Waals surface area contributed by atoms with Crippen LogP contribution >= 0.6 is 31.9 Å². The maximum Gasteiger partial charge on any atom is 0.319 e. The SMILES string of the molecule is CCCCOC(=O)C(Br)CCCBr. The van der Waals surface area contributed by atoms with Gasteiger partial charge in [-0.25, -0.2) is 0 Å². The standard InChI is InChI=1S/C9H16Br2O2/c1-2-3-7-13-9(12)8(11)5-4-6-10/h8H,2-7H2,1H3. The zero-order valence-electron chi connectivity index (χ0n) is 7.89. The van der Waals surface area contributed by atoms with E-state index in [0.29, 0.717) is 6.61 Å². The Balaban J connectivity index is 3.45. The number of hydrogen-bond acceptors (Lipinski definition) is 2. The molecule has 13 heavy (non-hydrogen) atoms. The minimum absolute atomic E-state index is 0.130. The molecular weight excluding hydrogens is 300 g/mol. The molecule has 0 aromatic carbocycles. The van der Waals surface area contributed by atoms with Gasteiger partial charge in [-0.15, -0.1) is 0 Å². The molecule has 0 bridgehead atoms. The minimum Gasteiger partial charge on any atom is -0.465 e. The predicted molar refractivity (Wildman–Crippen MR) is 61.6 cm³/mol. The van der Waals surface area contributed by atoms with Crippen LogP contribution in [0.1, 0.15) is 32.6 Å². The van der Waals surface area contributed by atoms with Crippen LogP contribution in [0.25, 0.3) is 0 Å². The molecule has 0 N–H and O–H groups in total. The largest absolute Gasteiger partial charge is 0.465 e. The van der Waals surface area contributed by atoms with Crippen molar-refractivity contribution in [3.05, 3.63) is 0 Å². The first-order valence-electron chi connectivity index (χ1n) is 4.59. The summed E-state index contributed by atoms with van der Waals surface area (Å²) in [6.45, 7) is 2.62. The first kappa shape index (κ1) is 13.4. The topological polar surface area (TPSA) is 26.3 Å². The van der Waals surface area contributed by atoms with Crippen LogP contribution in [0.15, 0.2) is 0 Å². The fourth-order valence-corrected chi connectivity index (χ4v) is 1.56. The summed E-state index contributed by atoms with van der Waals surface area (Å²) in [7, 11) is 0. The van der Waals surface area contributed by atoms with Crippen molar-refractivity contribution in [1.29, 1.82) is 0 Å². The average Bonchev–Trinajstić information content (AvgIpc) is 2.14. The molecule has 0 aliphatic heterocycles. The molecule has 0 aromatic rings. The summed E-state index contributed by atoms with van der Waals surface area (Å²) in [6.07, 6.45) is 3.82. The van der Waals surface area contributed by atoms with Gasteiger partial charge in [-0.1, -0.05) is 45.2 Å². The van der Waals surface area contributed by atoms with Gasteiger partial charge >= 0.3 is 5.97 Å². The van der Waals surface area contributed by atoms with E-state index < -0.39 is 0 Å². The number of carbonyl (C=O) groups excluding carboxylic acids is 1. The molecule has 4 heteroatoms. The Hall–Kier alpha value is 0.430. The van der Waals surface area contributed by atoms with Crippen molar-refractivity contribution >= 4 is 37.8 Å². The van der Waals surface area contributed by atoms with Gasteiger partial charge in [0.05, 0.1) is 6.61 Å². The van der Waals surface area contributed by atoms with Crippen molar-refractivity contribution in [1.82, 2.24) is 0 Å². The van der Waals surface area contributed by atoms with E-state index in [0.717, 1.165) is 31.0 Å². The Kier molecular flexibility index (Phi) is 9.30. The van der Waals surface area contributed by atoms with Crippen molar-refractivity contribution in [3.63, 3.8) is 0 Å². The smallest absolute Gasteiger partial charge is 0.319 e. The molecule has 2 nitrogen and oxygen atoms in total. The van der Waals surface area contributed by atoms with E-state index >= 15 is 0 Å². The summed E-state index contributed by atoms with van der Waals surface area (Å²) in [6, 6.07) is 0. The first-order chi connectivity index (χ1) is 6.22. The number of hydrogen-bond donors (Lipinski definition) is 0. The van der Waals surface area contributed by atoms with Gasteiger partial charge in [-0.3, -0.25) is 4.79 Å². The van der Waals surface area contributed by atoms with Crippen LogP contribution in [0.3, 0.4) is 0 Å². The molecular formula is C9H16Br2O2. The Labute approximate surface area is 96.7 Å². The molecule has 0 aliphatic rings. The molecule has 0 aromatic heterocycles. The number of alkyl halides is 2. The molecule has 0 amide bonds.